The van der Waals surface area contributed by atoms with Crippen molar-refractivity contribution in [3.05, 3.63) is 76.9 Å². The van der Waals surface area contributed by atoms with Gasteiger partial charge in [-0.15, -0.1) is 0 Å². The number of nitrogens with zero attached hydrogens (tertiary/aromatic N) is 1. The van der Waals surface area contributed by atoms with Gasteiger partial charge in [0.25, 0.3) is 5.91 Å². The Kier molecular flexibility index (Phi) is 12.4. The van der Waals surface area contributed by atoms with Crippen LogP contribution in [0.5, 0.6) is 0 Å². The van der Waals surface area contributed by atoms with Gasteiger partial charge in [0.2, 0.25) is 5.91 Å². The lowest BCUT2D eigenvalue weighted by Crippen LogP contribution is -2.69. The third-order valence-electron chi connectivity index (χ3n) is 9.89. The number of aliphatic hydroxyl groups is 1. The Balaban J connectivity index is 1.15. The summed E-state index contributed by atoms with van der Waals surface area (Å²) in [5.41, 5.74) is -0.316. The van der Waals surface area contributed by atoms with E-state index in [2.05, 4.69) is 15.4 Å². The molecule has 2 aromatic rings. The van der Waals surface area contributed by atoms with Gasteiger partial charge >= 0.3 is 24.1 Å². The van der Waals surface area contributed by atoms with E-state index in [9.17, 15) is 42.3 Å². The third kappa shape index (κ3) is 9.81. The molecule has 3 saturated heterocycles. The Morgan fingerprint density at radius 2 is 1.79 bits per heavy atom. The van der Waals surface area contributed by atoms with Crippen LogP contribution in [0.4, 0.5) is 13.2 Å². The molecule has 4 aliphatic rings. The molecule has 308 valence electrons. The largest absolute Gasteiger partial charge is 0.460 e. The molecule has 7 atom stereocenters. The number of aliphatic hydroxyl groups excluding tert-OH is 1. The van der Waals surface area contributed by atoms with Gasteiger partial charge in [-0.2, -0.15) is 18.2 Å². The number of ether oxygens (including phenoxy) is 5. The van der Waals surface area contributed by atoms with Crippen molar-refractivity contribution in [3.63, 3.8) is 0 Å². The summed E-state index contributed by atoms with van der Waals surface area (Å²) in [6, 6.07) is 11.2. The zero-order chi connectivity index (χ0) is 41.1. The molecule has 57 heavy (non-hydrogen) atoms. The highest BCUT2D eigenvalue weighted by Gasteiger charge is 2.74. The van der Waals surface area contributed by atoms with E-state index in [1.807, 2.05) is 0 Å². The lowest BCUT2D eigenvalue weighted by Gasteiger charge is -2.48. The number of halogens is 3. The van der Waals surface area contributed by atoms with Gasteiger partial charge in [0, 0.05) is 31.0 Å². The third-order valence-corrected chi connectivity index (χ3v) is 9.89. The fourth-order valence-electron chi connectivity index (χ4n) is 7.51. The Hall–Kier alpha value is -4.88. The number of hydroxylamine groups is 2. The Labute approximate surface area is 325 Å². The van der Waals surface area contributed by atoms with Crippen LogP contribution < -0.4 is 10.6 Å². The molecular weight excluding hydrogens is 759 g/mol. The highest BCUT2D eigenvalue weighted by molar-refractivity contribution is 5.95. The second-order valence-corrected chi connectivity index (χ2v) is 15.3. The number of nitrogens with one attached hydrogen (secondary N) is 2. The molecule has 1 aliphatic carbocycles. The molecule has 0 radical (unpaired) electrons. The summed E-state index contributed by atoms with van der Waals surface area (Å²) in [4.78, 5) is 71.7. The number of benzene rings is 2. The normalized spacial score (nSPS) is 26.0. The molecule has 18 heteroatoms. The number of carbonyl (C=O) groups is 5. The molecule has 15 nitrogen and oxygen atoms in total. The number of amides is 2. The fraction of sp³-hybridized carbons (Fsp3) is 0.513. The molecular formula is C39H44F3N3O12. The molecule has 2 bridgehead atoms. The van der Waals surface area contributed by atoms with E-state index in [4.69, 9.17) is 23.8 Å². The number of hydrogen-bond acceptors (Lipinski definition) is 13. The minimum Gasteiger partial charge on any atom is -0.460 e. The van der Waals surface area contributed by atoms with Crippen molar-refractivity contribution in [2.45, 2.75) is 101 Å². The van der Waals surface area contributed by atoms with Crippen LogP contribution >= 0.6 is 0 Å². The number of alkyl halides is 3. The standard InChI is InChI=1S/C39H44F3N3O12/c1-37(2,3)56-29(48)13-11-26(19-46)44-34(49)25-9-5-7-23(15-25)17-43-36(51)38-16-27-30-31(54-21-53-30)33(38)57-45(32(38)35(50)55-27)18-24-8-4-6-22(14-24)10-12-28(47)52-20-39(40,41)42/h4-10,12,14-15,26-27,30-33,46H,11,13,16-21H2,1-3H3,(H,43,51)(H,44,49). The van der Waals surface area contributed by atoms with Crippen LogP contribution in [0.15, 0.2) is 54.6 Å². The van der Waals surface area contributed by atoms with E-state index in [0.29, 0.717) is 16.7 Å². The molecule has 6 rings (SSSR count). The van der Waals surface area contributed by atoms with E-state index < -0.39 is 96.6 Å². The van der Waals surface area contributed by atoms with Crippen LogP contribution in [-0.2, 0) is 60.8 Å². The minimum atomic E-state index is -4.66. The maximum absolute atomic E-state index is 14.4. The van der Waals surface area contributed by atoms with Crippen molar-refractivity contribution in [1.82, 2.24) is 15.7 Å². The van der Waals surface area contributed by atoms with Crippen molar-refractivity contribution in [2.75, 3.05) is 20.0 Å². The molecule has 3 aliphatic heterocycles. The van der Waals surface area contributed by atoms with Gasteiger partial charge in [-0.25, -0.2) is 4.79 Å². The summed E-state index contributed by atoms with van der Waals surface area (Å²) in [7, 11) is 0. The van der Waals surface area contributed by atoms with Gasteiger partial charge in [-0.05, 0) is 62.1 Å². The molecule has 3 N–H and O–H groups in total. The maximum Gasteiger partial charge on any atom is 0.422 e. The Morgan fingerprint density at radius 1 is 1.05 bits per heavy atom. The first-order valence-corrected chi connectivity index (χ1v) is 18.3. The second kappa shape index (κ2) is 16.9. The van der Waals surface area contributed by atoms with E-state index >= 15 is 0 Å². The number of carbonyl (C=O) groups excluding carboxylic acids is 5. The Morgan fingerprint density at radius 3 is 2.53 bits per heavy atom. The monoisotopic (exact) mass is 803 g/mol. The summed E-state index contributed by atoms with van der Waals surface area (Å²) in [5, 5.41) is 16.9. The molecule has 1 saturated carbocycles. The van der Waals surface area contributed by atoms with Crippen LogP contribution in [0.3, 0.4) is 0 Å². The van der Waals surface area contributed by atoms with Crippen molar-refractivity contribution >= 4 is 35.8 Å². The first-order chi connectivity index (χ1) is 27.0. The van der Waals surface area contributed by atoms with Crippen LogP contribution in [-0.4, -0.2) is 108 Å². The average Bonchev–Trinajstić information content (AvgIpc) is 3.78. The smallest absolute Gasteiger partial charge is 0.422 e. The SMILES string of the molecule is CC(C)(C)OC(=O)CCC(CO)NC(=O)c1cccc(CNC(=O)C23CC4OC(=O)C2N(Cc2cccc(C=CC(=O)OCC(F)(F)F)c2)OC3C2OCOC42)c1. The first kappa shape index (κ1) is 41.7. The zero-order valence-electron chi connectivity index (χ0n) is 31.4. The van der Waals surface area contributed by atoms with Gasteiger partial charge in [0.05, 0.1) is 19.2 Å². The first-order valence-electron chi connectivity index (χ1n) is 18.3. The summed E-state index contributed by atoms with van der Waals surface area (Å²) in [6.45, 7) is 2.95. The van der Waals surface area contributed by atoms with Gasteiger partial charge in [0.1, 0.15) is 42.2 Å². The number of esters is 3. The fourth-order valence-corrected chi connectivity index (χ4v) is 7.51. The topological polar surface area (TPSA) is 188 Å². The number of rotatable bonds is 14. The second-order valence-electron chi connectivity index (χ2n) is 15.3. The van der Waals surface area contributed by atoms with Crippen LogP contribution in [0.2, 0.25) is 0 Å². The van der Waals surface area contributed by atoms with E-state index in [-0.39, 0.29) is 44.7 Å². The maximum atomic E-state index is 14.4. The highest BCUT2D eigenvalue weighted by atomic mass is 19.4. The van der Waals surface area contributed by atoms with E-state index in [1.54, 1.807) is 69.3 Å². The van der Waals surface area contributed by atoms with E-state index in [0.717, 1.165) is 6.08 Å². The lowest BCUT2D eigenvalue weighted by molar-refractivity contribution is -0.201. The van der Waals surface area contributed by atoms with Crippen LogP contribution in [0.1, 0.15) is 67.1 Å². The number of hydrogen-bond donors (Lipinski definition) is 3. The minimum absolute atomic E-state index is 0.00832. The molecule has 4 fully saturated rings. The van der Waals surface area contributed by atoms with Crippen LogP contribution in [0, 0.1) is 5.41 Å². The number of fused-ring (bicyclic) bond motifs is 4. The van der Waals surface area contributed by atoms with Crippen molar-refractivity contribution in [2.24, 2.45) is 5.41 Å². The van der Waals surface area contributed by atoms with Gasteiger partial charge in [0.15, 0.2) is 12.6 Å². The summed E-state index contributed by atoms with van der Waals surface area (Å²) < 4.78 is 64.2. The van der Waals surface area contributed by atoms with Crippen molar-refractivity contribution in [3.8, 4) is 0 Å². The zero-order valence-corrected chi connectivity index (χ0v) is 31.4. The summed E-state index contributed by atoms with van der Waals surface area (Å²) in [5.74, 6) is -3.35. The molecule has 0 spiro atoms. The summed E-state index contributed by atoms with van der Waals surface area (Å²) in [6.07, 6.45) is -5.48. The van der Waals surface area contributed by atoms with Gasteiger partial charge < -0.3 is 39.4 Å². The molecule has 0 aromatic heterocycles. The quantitative estimate of drug-likeness (QED) is 0.144. The van der Waals surface area contributed by atoms with Gasteiger partial charge in [-0.1, -0.05) is 36.4 Å². The predicted molar refractivity (Wildman–Crippen MR) is 190 cm³/mol. The molecule has 7 unspecified atom stereocenters. The van der Waals surface area contributed by atoms with Crippen molar-refractivity contribution in [1.29, 1.82) is 0 Å². The Bertz CT molecular complexity index is 1880. The molecule has 2 aromatic carbocycles. The van der Waals surface area contributed by atoms with Crippen LogP contribution in [0.25, 0.3) is 6.08 Å². The van der Waals surface area contributed by atoms with E-state index in [1.165, 1.54) is 11.1 Å². The molecule has 2 amide bonds. The summed E-state index contributed by atoms with van der Waals surface area (Å²) >= 11 is 0. The average molecular weight is 804 g/mol. The lowest BCUT2D eigenvalue weighted by atomic mass is 9.62. The molecule has 3 heterocycles. The predicted octanol–water partition coefficient (Wildman–Crippen LogP) is 2.88. The van der Waals surface area contributed by atoms with Gasteiger partial charge in [-0.3, -0.25) is 24.0 Å². The van der Waals surface area contributed by atoms with Crippen molar-refractivity contribution < 1.29 is 70.8 Å². The highest BCUT2D eigenvalue weighted by Crippen LogP contribution is 2.55.